The summed E-state index contributed by atoms with van der Waals surface area (Å²) in [5.41, 5.74) is 2.02. The van der Waals surface area contributed by atoms with Gasteiger partial charge in [-0.1, -0.05) is 18.2 Å². The van der Waals surface area contributed by atoms with E-state index in [-0.39, 0.29) is 5.92 Å². The van der Waals surface area contributed by atoms with E-state index in [1.807, 2.05) is 30.3 Å². The summed E-state index contributed by atoms with van der Waals surface area (Å²) in [6.07, 6.45) is 3.05. The number of rotatable bonds is 1. The fraction of sp³-hybridized carbons (Fsp3) is 0.333. The molecule has 0 saturated heterocycles. The summed E-state index contributed by atoms with van der Waals surface area (Å²) in [5.74, 6) is 0.0511. The molecule has 1 atom stereocenters. The summed E-state index contributed by atoms with van der Waals surface area (Å²) in [4.78, 5) is 4.50. The standard InChI is InChI=1S/C12H12N2/c13-9-10-5-4-8-12(10)14-11-6-2-1-3-7-11/h1-3,6-7,10H,4-5,8H2/b14-12+. The van der Waals surface area contributed by atoms with Gasteiger partial charge >= 0.3 is 0 Å². The quantitative estimate of drug-likeness (QED) is 0.660. The molecule has 2 rings (SSSR count). The molecule has 14 heavy (non-hydrogen) atoms. The Hall–Kier alpha value is -1.62. The van der Waals surface area contributed by atoms with Crippen LogP contribution in [-0.4, -0.2) is 5.71 Å². The fourth-order valence-electron chi connectivity index (χ4n) is 1.77. The Morgan fingerprint density at radius 2 is 2.07 bits per heavy atom. The van der Waals surface area contributed by atoms with Crippen LogP contribution in [0.2, 0.25) is 0 Å². The van der Waals surface area contributed by atoms with Crippen molar-refractivity contribution in [1.82, 2.24) is 0 Å². The summed E-state index contributed by atoms with van der Waals surface area (Å²) in [6, 6.07) is 12.2. The molecule has 0 amide bonds. The number of benzene rings is 1. The maximum atomic E-state index is 8.88. The molecule has 0 radical (unpaired) electrons. The Kier molecular flexibility index (Phi) is 2.60. The van der Waals surface area contributed by atoms with Gasteiger partial charge in [0.1, 0.15) is 0 Å². The molecule has 2 heteroatoms. The minimum atomic E-state index is 0.0511. The predicted molar refractivity (Wildman–Crippen MR) is 56.5 cm³/mol. The summed E-state index contributed by atoms with van der Waals surface area (Å²) in [6.45, 7) is 0. The van der Waals surface area contributed by atoms with Crippen LogP contribution in [0.3, 0.4) is 0 Å². The van der Waals surface area contributed by atoms with Gasteiger partial charge in [-0.3, -0.25) is 4.99 Å². The van der Waals surface area contributed by atoms with Crippen molar-refractivity contribution in [3.05, 3.63) is 30.3 Å². The summed E-state index contributed by atoms with van der Waals surface area (Å²) < 4.78 is 0. The lowest BCUT2D eigenvalue weighted by Gasteiger charge is -2.00. The topological polar surface area (TPSA) is 36.1 Å². The van der Waals surface area contributed by atoms with E-state index in [2.05, 4.69) is 11.1 Å². The minimum Gasteiger partial charge on any atom is -0.256 e. The second kappa shape index (κ2) is 4.06. The van der Waals surface area contributed by atoms with Crippen LogP contribution in [0.4, 0.5) is 5.69 Å². The predicted octanol–water partition coefficient (Wildman–Crippen LogP) is 3.08. The first-order valence-electron chi connectivity index (χ1n) is 4.92. The van der Waals surface area contributed by atoms with E-state index in [1.165, 1.54) is 0 Å². The fourth-order valence-corrected chi connectivity index (χ4v) is 1.77. The van der Waals surface area contributed by atoms with Gasteiger partial charge in [0.05, 0.1) is 17.7 Å². The smallest absolute Gasteiger partial charge is 0.0846 e. The number of hydrogen-bond acceptors (Lipinski definition) is 2. The average molecular weight is 184 g/mol. The zero-order valence-electron chi connectivity index (χ0n) is 7.98. The van der Waals surface area contributed by atoms with Crippen molar-refractivity contribution in [3.8, 4) is 6.07 Å². The van der Waals surface area contributed by atoms with Crippen LogP contribution < -0.4 is 0 Å². The van der Waals surface area contributed by atoms with Crippen LogP contribution in [-0.2, 0) is 0 Å². The third-order valence-corrected chi connectivity index (χ3v) is 2.51. The average Bonchev–Trinajstić information content (AvgIpc) is 2.67. The Bertz CT molecular complexity index is 373. The van der Waals surface area contributed by atoms with E-state index >= 15 is 0 Å². The summed E-state index contributed by atoms with van der Waals surface area (Å²) in [7, 11) is 0. The van der Waals surface area contributed by atoms with Gasteiger partial charge < -0.3 is 0 Å². The van der Waals surface area contributed by atoms with Crippen molar-refractivity contribution in [1.29, 1.82) is 5.26 Å². The molecule has 70 valence electrons. The SMILES string of the molecule is N#CC1CCC/C1=N\c1ccccc1. The molecular formula is C12H12N2. The van der Waals surface area contributed by atoms with Gasteiger partial charge in [0.25, 0.3) is 0 Å². The largest absolute Gasteiger partial charge is 0.256 e. The van der Waals surface area contributed by atoms with E-state index < -0.39 is 0 Å². The first-order chi connectivity index (χ1) is 6.90. The van der Waals surface area contributed by atoms with Gasteiger partial charge in [-0.25, -0.2) is 0 Å². The van der Waals surface area contributed by atoms with Crippen LogP contribution in [0.15, 0.2) is 35.3 Å². The number of nitrogens with zero attached hydrogens (tertiary/aromatic N) is 2. The second-order valence-electron chi connectivity index (χ2n) is 3.51. The number of aliphatic imine (C=N–C) groups is 1. The van der Waals surface area contributed by atoms with Crippen molar-refractivity contribution in [2.24, 2.45) is 10.9 Å². The first kappa shape index (κ1) is 8.96. The van der Waals surface area contributed by atoms with Crippen LogP contribution in [0.5, 0.6) is 0 Å². The van der Waals surface area contributed by atoms with Crippen molar-refractivity contribution in [2.45, 2.75) is 19.3 Å². The number of hydrogen-bond donors (Lipinski definition) is 0. The lowest BCUT2D eigenvalue weighted by atomic mass is 10.1. The highest BCUT2D eigenvalue weighted by Crippen LogP contribution is 2.24. The third-order valence-electron chi connectivity index (χ3n) is 2.51. The molecule has 1 unspecified atom stereocenters. The van der Waals surface area contributed by atoms with Gasteiger partial charge in [-0.2, -0.15) is 5.26 Å². The second-order valence-corrected chi connectivity index (χ2v) is 3.51. The summed E-state index contributed by atoms with van der Waals surface area (Å²) in [5, 5.41) is 8.88. The van der Waals surface area contributed by atoms with Crippen LogP contribution in [0.25, 0.3) is 0 Å². The van der Waals surface area contributed by atoms with Crippen molar-refractivity contribution in [3.63, 3.8) is 0 Å². The van der Waals surface area contributed by atoms with E-state index in [1.54, 1.807) is 0 Å². The molecule has 0 bridgehead atoms. The van der Waals surface area contributed by atoms with Crippen molar-refractivity contribution < 1.29 is 0 Å². The molecule has 1 aromatic carbocycles. The van der Waals surface area contributed by atoms with Gasteiger partial charge in [-0.05, 0) is 31.4 Å². The van der Waals surface area contributed by atoms with E-state index in [0.29, 0.717) is 0 Å². The van der Waals surface area contributed by atoms with Crippen molar-refractivity contribution >= 4 is 11.4 Å². The number of nitriles is 1. The Balaban J connectivity index is 2.23. The molecule has 1 fully saturated rings. The highest BCUT2D eigenvalue weighted by atomic mass is 14.8. The monoisotopic (exact) mass is 184 g/mol. The van der Waals surface area contributed by atoms with Gasteiger partial charge in [0.2, 0.25) is 0 Å². The normalized spacial score (nSPS) is 23.6. The highest BCUT2D eigenvalue weighted by Gasteiger charge is 2.21. The van der Waals surface area contributed by atoms with Crippen LogP contribution in [0, 0.1) is 17.2 Å². The lowest BCUT2D eigenvalue weighted by Crippen LogP contribution is -2.02. The molecule has 0 spiro atoms. The van der Waals surface area contributed by atoms with Gasteiger partial charge in [0, 0.05) is 5.71 Å². The molecular weight excluding hydrogens is 172 g/mol. The lowest BCUT2D eigenvalue weighted by molar-refractivity contribution is 0.795. The van der Waals surface area contributed by atoms with Crippen LogP contribution >= 0.6 is 0 Å². The van der Waals surface area contributed by atoms with E-state index in [0.717, 1.165) is 30.7 Å². The molecule has 0 N–H and O–H groups in total. The zero-order valence-corrected chi connectivity index (χ0v) is 7.98. The van der Waals surface area contributed by atoms with Gasteiger partial charge in [0.15, 0.2) is 0 Å². The molecule has 0 aromatic heterocycles. The molecule has 1 saturated carbocycles. The van der Waals surface area contributed by atoms with Gasteiger partial charge in [-0.15, -0.1) is 0 Å². The molecule has 0 aliphatic heterocycles. The van der Waals surface area contributed by atoms with E-state index in [4.69, 9.17) is 5.26 Å². The van der Waals surface area contributed by atoms with E-state index in [9.17, 15) is 0 Å². The molecule has 1 aliphatic carbocycles. The Labute approximate surface area is 83.9 Å². The Morgan fingerprint density at radius 3 is 2.79 bits per heavy atom. The summed E-state index contributed by atoms with van der Waals surface area (Å²) >= 11 is 0. The Morgan fingerprint density at radius 1 is 1.29 bits per heavy atom. The minimum absolute atomic E-state index is 0.0511. The maximum Gasteiger partial charge on any atom is 0.0846 e. The van der Waals surface area contributed by atoms with Crippen molar-refractivity contribution in [2.75, 3.05) is 0 Å². The van der Waals surface area contributed by atoms with Crippen LogP contribution in [0.1, 0.15) is 19.3 Å². The molecule has 1 aliphatic rings. The molecule has 2 nitrogen and oxygen atoms in total. The number of para-hydroxylation sites is 1. The zero-order chi connectivity index (χ0) is 9.80. The highest BCUT2D eigenvalue weighted by molar-refractivity contribution is 5.92. The first-order valence-corrected chi connectivity index (χ1v) is 4.92. The molecule has 1 aromatic rings. The maximum absolute atomic E-state index is 8.88. The molecule has 0 heterocycles. The third kappa shape index (κ3) is 1.82.